The molecule has 1 saturated carbocycles. The number of hydrogen-bond donors (Lipinski definition) is 1. The van der Waals surface area contributed by atoms with Crippen LogP contribution in [0.3, 0.4) is 0 Å². The Balaban J connectivity index is 2.37. The van der Waals surface area contributed by atoms with E-state index in [-0.39, 0.29) is 5.82 Å². The van der Waals surface area contributed by atoms with Gasteiger partial charge in [-0.05, 0) is 38.3 Å². The molecule has 0 heterocycles. The van der Waals surface area contributed by atoms with Gasteiger partial charge < -0.3 is 10.0 Å². The Labute approximate surface area is 102 Å². The lowest BCUT2D eigenvalue weighted by Crippen LogP contribution is -2.28. The van der Waals surface area contributed by atoms with Gasteiger partial charge in [-0.3, -0.25) is 0 Å². The SMILES string of the molecule is CCCN(c1cccc(F)c1C(C)O)C1CC1. The van der Waals surface area contributed by atoms with Gasteiger partial charge in [0.1, 0.15) is 5.82 Å². The number of hydrogen-bond acceptors (Lipinski definition) is 2. The average Bonchev–Trinajstić information content (AvgIpc) is 3.08. The molecule has 2 rings (SSSR count). The summed E-state index contributed by atoms with van der Waals surface area (Å²) in [6, 6.07) is 5.60. The third kappa shape index (κ3) is 2.60. The van der Waals surface area contributed by atoms with Crippen molar-refractivity contribution in [3.8, 4) is 0 Å². The monoisotopic (exact) mass is 237 g/mol. The Hall–Kier alpha value is -1.09. The van der Waals surface area contributed by atoms with Gasteiger partial charge in [-0.1, -0.05) is 13.0 Å². The van der Waals surface area contributed by atoms with Crippen LogP contribution in [0, 0.1) is 5.82 Å². The van der Waals surface area contributed by atoms with Crippen LogP contribution in [0.4, 0.5) is 10.1 Å². The summed E-state index contributed by atoms with van der Waals surface area (Å²) in [5.41, 5.74) is 1.30. The molecule has 1 fully saturated rings. The van der Waals surface area contributed by atoms with E-state index in [1.54, 1.807) is 13.0 Å². The molecule has 0 radical (unpaired) electrons. The van der Waals surface area contributed by atoms with E-state index in [2.05, 4.69) is 11.8 Å². The molecular formula is C14H20FNO. The van der Waals surface area contributed by atoms with Crippen molar-refractivity contribution in [2.45, 2.75) is 45.3 Å². The van der Waals surface area contributed by atoms with Crippen molar-refractivity contribution in [1.82, 2.24) is 0 Å². The van der Waals surface area contributed by atoms with Gasteiger partial charge in [0.05, 0.1) is 6.10 Å². The summed E-state index contributed by atoms with van der Waals surface area (Å²) >= 11 is 0. The van der Waals surface area contributed by atoms with Crippen LogP contribution < -0.4 is 4.90 Å². The minimum absolute atomic E-state index is 0.306. The van der Waals surface area contributed by atoms with Crippen molar-refractivity contribution in [3.63, 3.8) is 0 Å². The molecule has 1 unspecified atom stereocenters. The molecule has 1 aliphatic carbocycles. The lowest BCUT2D eigenvalue weighted by molar-refractivity contribution is 0.194. The van der Waals surface area contributed by atoms with E-state index in [0.29, 0.717) is 11.6 Å². The summed E-state index contributed by atoms with van der Waals surface area (Å²) in [6.07, 6.45) is 2.63. The lowest BCUT2D eigenvalue weighted by atomic mass is 10.1. The van der Waals surface area contributed by atoms with Crippen molar-refractivity contribution >= 4 is 5.69 Å². The van der Waals surface area contributed by atoms with Gasteiger partial charge in [-0.15, -0.1) is 0 Å². The highest BCUT2D eigenvalue weighted by atomic mass is 19.1. The summed E-state index contributed by atoms with van der Waals surface area (Å²) in [7, 11) is 0. The minimum Gasteiger partial charge on any atom is -0.389 e. The normalized spacial score (nSPS) is 16.9. The van der Waals surface area contributed by atoms with E-state index in [0.717, 1.165) is 18.7 Å². The Kier molecular flexibility index (Phi) is 3.67. The topological polar surface area (TPSA) is 23.5 Å². The van der Waals surface area contributed by atoms with E-state index in [9.17, 15) is 9.50 Å². The van der Waals surface area contributed by atoms with Gasteiger partial charge in [0.25, 0.3) is 0 Å². The van der Waals surface area contributed by atoms with E-state index < -0.39 is 6.10 Å². The number of halogens is 1. The largest absolute Gasteiger partial charge is 0.389 e. The highest BCUT2D eigenvalue weighted by Gasteiger charge is 2.31. The summed E-state index contributed by atoms with van der Waals surface area (Å²) in [6.45, 7) is 4.67. The van der Waals surface area contributed by atoms with E-state index in [1.165, 1.54) is 18.9 Å². The Morgan fingerprint density at radius 2 is 2.18 bits per heavy atom. The second kappa shape index (κ2) is 5.05. The van der Waals surface area contributed by atoms with Gasteiger partial charge >= 0.3 is 0 Å². The van der Waals surface area contributed by atoms with Crippen molar-refractivity contribution in [2.24, 2.45) is 0 Å². The molecule has 0 saturated heterocycles. The minimum atomic E-state index is -0.760. The summed E-state index contributed by atoms with van der Waals surface area (Å²) in [4.78, 5) is 2.24. The molecule has 1 aromatic rings. The van der Waals surface area contributed by atoms with Crippen LogP contribution in [0.5, 0.6) is 0 Å². The Morgan fingerprint density at radius 1 is 1.47 bits per heavy atom. The number of nitrogens with zero attached hydrogens (tertiary/aromatic N) is 1. The zero-order valence-electron chi connectivity index (χ0n) is 10.5. The second-order valence-electron chi connectivity index (χ2n) is 4.77. The first kappa shape index (κ1) is 12.4. The molecule has 0 aliphatic heterocycles. The number of benzene rings is 1. The second-order valence-corrected chi connectivity index (χ2v) is 4.77. The van der Waals surface area contributed by atoms with Gasteiger partial charge in [-0.25, -0.2) is 4.39 Å². The number of rotatable bonds is 5. The van der Waals surface area contributed by atoms with Crippen LogP contribution in [0.25, 0.3) is 0 Å². The summed E-state index contributed by atoms with van der Waals surface area (Å²) in [5.74, 6) is -0.306. The molecule has 1 aliphatic rings. The zero-order valence-corrected chi connectivity index (χ0v) is 10.5. The fourth-order valence-corrected chi connectivity index (χ4v) is 2.32. The van der Waals surface area contributed by atoms with E-state index >= 15 is 0 Å². The number of anilines is 1. The lowest BCUT2D eigenvalue weighted by Gasteiger charge is -2.27. The van der Waals surface area contributed by atoms with Gasteiger partial charge in [0.2, 0.25) is 0 Å². The van der Waals surface area contributed by atoms with E-state index in [1.807, 2.05) is 6.07 Å². The molecule has 1 aromatic carbocycles. The van der Waals surface area contributed by atoms with Crippen LogP contribution in [0.1, 0.15) is 44.8 Å². The molecule has 0 amide bonds. The molecule has 17 heavy (non-hydrogen) atoms. The first-order chi connectivity index (χ1) is 8.15. The van der Waals surface area contributed by atoms with Crippen molar-refractivity contribution < 1.29 is 9.50 Å². The third-order valence-corrected chi connectivity index (χ3v) is 3.21. The molecule has 1 N–H and O–H groups in total. The molecule has 2 nitrogen and oxygen atoms in total. The molecule has 0 aromatic heterocycles. The molecule has 0 spiro atoms. The molecular weight excluding hydrogens is 217 g/mol. The maximum atomic E-state index is 13.8. The predicted octanol–water partition coefficient (Wildman–Crippen LogP) is 3.26. The first-order valence-corrected chi connectivity index (χ1v) is 6.38. The third-order valence-electron chi connectivity index (χ3n) is 3.21. The Morgan fingerprint density at radius 3 is 2.71 bits per heavy atom. The quantitative estimate of drug-likeness (QED) is 0.849. The molecule has 0 bridgehead atoms. The van der Waals surface area contributed by atoms with Crippen LogP contribution in [-0.4, -0.2) is 17.7 Å². The average molecular weight is 237 g/mol. The predicted molar refractivity (Wildman–Crippen MR) is 67.7 cm³/mol. The summed E-state index contributed by atoms with van der Waals surface area (Å²) in [5, 5.41) is 9.74. The molecule has 1 atom stereocenters. The van der Waals surface area contributed by atoms with Crippen LogP contribution in [-0.2, 0) is 0 Å². The van der Waals surface area contributed by atoms with Crippen LogP contribution in [0.15, 0.2) is 18.2 Å². The maximum absolute atomic E-state index is 13.8. The summed E-state index contributed by atoms with van der Waals surface area (Å²) < 4.78 is 13.8. The van der Waals surface area contributed by atoms with Gasteiger partial charge in [0, 0.05) is 23.8 Å². The van der Waals surface area contributed by atoms with Crippen LogP contribution in [0.2, 0.25) is 0 Å². The first-order valence-electron chi connectivity index (χ1n) is 6.38. The fourth-order valence-electron chi connectivity index (χ4n) is 2.32. The fraction of sp³-hybridized carbons (Fsp3) is 0.571. The molecule has 3 heteroatoms. The zero-order chi connectivity index (χ0) is 12.4. The van der Waals surface area contributed by atoms with Gasteiger partial charge in [0.15, 0.2) is 0 Å². The smallest absolute Gasteiger partial charge is 0.131 e. The van der Waals surface area contributed by atoms with Crippen molar-refractivity contribution in [2.75, 3.05) is 11.4 Å². The maximum Gasteiger partial charge on any atom is 0.131 e. The number of aliphatic hydroxyl groups is 1. The van der Waals surface area contributed by atoms with Crippen LogP contribution >= 0.6 is 0 Å². The standard InChI is InChI=1S/C14H20FNO/c1-3-9-16(11-7-8-11)13-6-4-5-12(15)14(13)10(2)17/h4-6,10-11,17H,3,7-9H2,1-2H3. The van der Waals surface area contributed by atoms with Gasteiger partial charge in [-0.2, -0.15) is 0 Å². The Bertz CT molecular complexity index is 388. The highest BCUT2D eigenvalue weighted by molar-refractivity contribution is 5.56. The van der Waals surface area contributed by atoms with Crippen molar-refractivity contribution in [1.29, 1.82) is 0 Å². The highest BCUT2D eigenvalue weighted by Crippen LogP contribution is 2.36. The van der Waals surface area contributed by atoms with E-state index in [4.69, 9.17) is 0 Å². The number of aliphatic hydroxyl groups excluding tert-OH is 1. The molecule has 94 valence electrons. The van der Waals surface area contributed by atoms with Crippen molar-refractivity contribution in [3.05, 3.63) is 29.6 Å².